The fraction of sp³-hybridized carbons (Fsp3) is 0.286. The van der Waals surface area contributed by atoms with Crippen LogP contribution >= 0.6 is 0 Å². The van der Waals surface area contributed by atoms with Crippen LogP contribution in [0.15, 0.2) is 49.2 Å². The number of alkyl halides is 2. The third kappa shape index (κ3) is 4.00. The van der Waals surface area contributed by atoms with Crippen LogP contribution in [0.25, 0.3) is 16.9 Å². The third-order valence-corrected chi connectivity index (χ3v) is 5.35. The summed E-state index contributed by atoms with van der Waals surface area (Å²) in [6, 6.07) is 5.35. The molecule has 31 heavy (non-hydrogen) atoms. The largest absolute Gasteiger partial charge is 0.364 e. The fourth-order valence-corrected chi connectivity index (χ4v) is 3.72. The van der Waals surface area contributed by atoms with E-state index in [-0.39, 0.29) is 13.0 Å². The van der Waals surface area contributed by atoms with Gasteiger partial charge in [-0.2, -0.15) is 0 Å². The second-order valence-electron chi connectivity index (χ2n) is 7.65. The summed E-state index contributed by atoms with van der Waals surface area (Å²) in [6.45, 7) is 0.583. The number of rotatable bonds is 6. The van der Waals surface area contributed by atoms with E-state index < -0.39 is 5.92 Å². The Kier molecular flexibility index (Phi) is 4.68. The second kappa shape index (κ2) is 7.53. The van der Waals surface area contributed by atoms with Crippen molar-refractivity contribution in [2.45, 2.75) is 25.3 Å². The molecule has 1 aliphatic heterocycles. The first-order valence-electron chi connectivity index (χ1n) is 9.90. The van der Waals surface area contributed by atoms with E-state index >= 15 is 0 Å². The zero-order valence-corrected chi connectivity index (χ0v) is 16.5. The maximum atomic E-state index is 13.5. The number of imidazole rings is 1. The molecule has 1 fully saturated rings. The Morgan fingerprint density at radius 3 is 2.87 bits per heavy atom. The van der Waals surface area contributed by atoms with Crippen molar-refractivity contribution in [1.82, 2.24) is 29.4 Å². The van der Waals surface area contributed by atoms with E-state index in [1.165, 1.54) is 0 Å². The molecule has 0 atom stereocenters. The van der Waals surface area contributed by atoms with Crippen LogP contribution in [0.3, 0.4) is 0 Å². The molecule has 0 spiro atoms. The van der Waals surface area contributed by atoms with Crippen molar-refractivity contribution in [3.8, 4) is 11.3 Å². The minimum Gasteiger partial charge on any atom is -0.364 e. The Bertz CT molecular complexity index is 1250. The molecular formula is C21H19F2N7O. The number of anilines is 1. The van der Waals surface area contributed by atoms with E-state index in [0.29, 0.717) is 36.5 Å². The van der Waals surface area contributed by atoms with Gasteiger partial charge in [-0.05, 0) is 18.2 Å². The molecule has 0 N–H and O–H groups in total. The third-order valence-electron chi connectivity index (χ3n) is 5.35. The lowest BCUT2D eigenvalue weighted by Gasteiger charge is -2.18. The zero-order valence-electron chi connectivity index (χ0n) is 16.5. The molecule has 0 amide bonds. The summed E-state index contributed by atoms with van der Waals surface area (Å²) < 4.78 is 30.6. The molecule has 0 aliphatic carbocycles. The Labute approximate surface area is 176 Å². The van der Waals surface area contributed by atoms with Gasteiger partial charge in [-0.3, -0.25) is 14.5 Å². The van der Waals surface area contributed by atoms with Crippen molar-refractivity contribution in [2.75, 3.05) is 18.0 Å². The number of hydrogen-bond donors (Lipinski definition) is 0. The van der Waals surface area contributed by atoms with Gasteiger partial charge in [-0.1, -0.05) is 5.21 Å². The van der Waals surface area contributed by atoms with Crippen molar-refractivity contribution in [1.29, 1.82) is 0 Å². The highest BCUT2D eigenvalue weighted by Crippen LogP contribution is 2.31. The highest BCUT2D eigenvalue weighted by Gasteiger charge is 2.38. The van der Waals surface area contributed by atoms with E-state index in [2.05, 4.69) is 20.3 Å². The predicted octanol–water partition coefficient (Wildman–Crippen LogP) is 2.89. The molecule has 0 bridgehead atoms. The van der Waals surface area contributed by atoms with Crippen LogP contribution in [0, 0.1) is 0 Å². The number of aryl methyl sites for hydroxylation is 2. The lowest BCUT2D eigenvalue weighted by atomic mass is 10.2. The van der Waals surface area contributed by atoms with E-state index in [1.54, 1.807) is 46.5 Å². The molecule has 10 heteroatoms. The number of nitrogens with zero attached hydrogens (tertiary/aromatic N) is 7. The molecular weight excluding hydrogens is 404 g/mol. The van der Waals surface area contributed by atoms with Gasteiger partial charge in [0.1, 0.15) is 11.3 Å². The van der Waals surface area contributed by atoms with E-state index in [0.717, 1.165) is 23.2 Å². The van der Waals surface area contributed by atoms with Gasteiger partial charge in [0.2, 0.25) is 0 Å². The van der Waals surface area contributed by atoms with Crippen LogP contribution in [0.5, 0.6) is 0 Å². The predicted molar refractivity (Wildman–Crippen MR) is 109 cm³/mol. The number of fused-ring (bicyclic) bond motifs is 1. The van der Waals surface area contributed by atoms with E-state index in [9.17, 15) is 13.6 Å². The first kappa shape index (κ1) is 19.3. The molecule has 0 unspecified atom stereocenters. The lowest BCUT2D eigenvalue weighted by molar-refractivity contribution is 0.0257. The van der Waals surface area contributed by atoms with Gasteiger partial charge in [0.25, 0.3) is 5.92 Å². The van der Waals surface area contributed by atoms with Crippen molar-refractivity contribution < 1.29 is 13.6 Å². The zero-order chi connectivity index (χ0) is 21.4. The molecule has 1 aliphatic rings. The highest BCUT2D eigenvalue weighted by atomic mass is 19.3. The minimum atomic E-state index is -2.66. The summed E-state index contributed by atoms with van der Waals surface area (Å²) >= 11 is 0. The first-order chi connectivity index (χ1) is 15.0. The lowest BCUT2D eigenvalue weighted by Crippen LogP contribution is -2.24. The SMILES string of the molecule is O=Cc1ccc2nc(CCn3cc(-c4cncc(N5CCC(F)(F)C5)c4)nn3)cn2c1. The van der Waals surface area contributed by atoms with Crippen LogP contribution in [0.4, 0.5) is 14.5 Å². The summed E-state index contributed by atoms with van der Waals surface area (Å²) in [5.41, 5.74) is 4.25. The van der Waals surface area contributed by atoms with Crippen molar-refractivity contribution >= 4 is 17.6 Å². The Hall–Kier alpha value is -3.69. The fourth-order valence-electron chi connectivity index (χ4n) is 3.72. The number of carbonyl (C=O) groups is 1. The second-order valence-corrected chi connectivity index (χ2v) is 7.65. The minimum absolute atomic E-state index is 0.146. The number of halogens is 2. The number of hydrogen-bond acceptors (Lipinski definition) is 6. The average molecular weight is 423 g/mol. The van der Waals surface area contributed by atoms with Crippen LogP contribution < -0.4 is 4.90 Å². The van der Waals surface area contributed by atoms with E-state index in [1.807, 2.05) is 16.7 Å². The summed E-state index contributed by atoms with van der Waals surface area (Å²) in [5, 5.41) is 8.37. The normalized spacial score (nSPS) is 15.6. The van der Waals surface area contributed by atoms with Crippen LogP contribution in [0.2, 0.25) is 0 Å². The standard InChI is InChI=1S/C21H19F2N7O/c22-21(23)4-6-28(14-21)18-7-16(8-24-9-18)19-12-30(27-26-19)5-3-17-11-29-10-15(13-31)1-2-20(29)25-17/h1-2,7-13H,3-6,14H2. The Balaban J connectivity index is 1.28. The van der Waals surface area contributed by atoms with Crippen molar-refractivity contribution in [2.24, 2.45) is 0 Å². The topological polar surface area (TPSA) is 81.2 Å². The monoisotopic (exact) mass is 423 g/mol. The van der Waals surface area contributed by atoms with Gasteiger partial charge in [0.05, 0.1) is 30.3 Å². The van der Waals surface area contributed by atoms with Gasteiger partial charge in [-0.25, -0.2) is 13.8 Å². The molecule has 0 saturated carbocycles. The molecule has 8 nitrogen and oxygen atoms in total. The average Bonchev–Trinajstić information content (AvgIpc) is 3.49. The van der Waals surface area contributed by atoms with Gasteiger partial charge in [-0.15, -0.1) is 5.10 Å². The molecule has 4 aromatic heterocycles. The molecule has 158 valence electrons. The molecule has 1 saturated heterocycles. The van der Waals surface area contributed by atoms with Gasteiger partial charge >= 0.3 is 0 Å². The van der Waals surface area contributed by atoms with Gasteiger partial charge in [0, 0.05) is 55.6 Å². The quantitative estimate of drug-likeness (QED) is 0.444. The van der Waals surface area contributed by atoms with Crippen LogP contribution in [-0.4, -0.2) is 54.7 Å². The summed E-state index contributed by atoms with van der Waals surface area (Å²) in [6.07, 6.45) is 9.97. The number of carbonyl (C=O) groups excluding carboxylic acids is 1. The summed E-state index contributed by atoms with van der Waals surface area (Å²) in [5.74, 6) is -2.66. The number of aldehydes is 1. The highest BCUT2D eigenvalue weighted by molar-refractivity contribution is 5.74. The van der Waals surface area contributed by atoms with Crippen molar-refractivity contribution in [3.05, 3.63) is 60.4 Å². The summed E-state index contributed by atoms with van der Waals surface area (Å²) in [7, 11) is 0. The number of aromatic nitrogens is 6. The Morgan fingerprint density at radius 1 is 1.16 bits per heavy atom. The smallest absolute Gasteiger partial charge is 0.266 e. The first-order valence-corrected chi connectivity index (χ1v) is 9.90. The van der Waals surface area contributed by atoms with Gasteiger partial charge < -0.3 is 9.30 Å². The molecule has 4 aromatic rings. The summed E-state index contributed by atoms with van der Waals surface area (Å²) in [4.78, 5) is 21.3. The molecule has 0 radical (unpaired) electrons. The molecule has 0 aromatic carbocycles. The van der Waals surface area contributed by atoms with Gasteiger partial charge in [0.15, 0.2) is 6.29 Å². The molecule has 5 heterocycles. The van der Waals surface area contributed by atoms with Crippen LogP contribution in [-0.2, 0) is 13.0 Å². The number of pyridine rings is 2. The Morgan fingerprint density at radius 2 is 2.06 bits per heavy atom. The molecule has 5 rings (SSSR count). The van der Waals surface area contributed by atoms with Crippen LogP contribution in [0.1, 0.15) is 22.5 Å². The van der Waals surface area contributed by atoms with Crippen molar-refractivity contribution in [3.63, 3.8) is 0 Å². The maximum Gasteiger partial charge on any atom is 0.266 e. The van der Waals surface area contributed by atoms with E-state index in [4.69, 9.17) is 0 Å². The maximum absolute atomic E-state index is 13.5.